The highest BCUT2D eigenvalue weighted by atomic mass is 19.1. The standard InChI is InChI=1S/C22H19F3N4O3/c1-22-6-16(26)13(22)8-28(9-22)20-15(25)5-11-18(30)12(21(31)32)7-29(19(11)27-20)17-3-2-10(23)4-14(17)24/h2-5,7,13,16H,6,8-9,26H2,1H3,(H,31,32)/t13-,16-,22-/m0/s1. The SMILES string of the molecule is C[C@@]12C[C@H](N)[C@@H]1CN(c1nc3c(cc1F)c(=O)c(C(=O)O)cn3-c1ccc(F)cc1F)C2. The largest absolute Gasteiger partial charge is 0.477 e. The highest BCUT2D eigenvalue weighted by molar-refractivity contribution is 5.92. The van der Waals surface area contributed by atoms with Crippen molar-refractivity contribution in [2.45, 2.75) is 19.4 Å². The molecule has 5 rings (SSSR count). The van der Waals surface area contributed by atoms with Gasteiger partial charge in [0.15, 0.2) is 17.3 Å². The van der Waals surface area contributed by atoms with Crippen molar-refractivity contribution >= 4 is 22.8 Å². The molecule has 10 heteroatoms. The van der Waals surface area contributed by atoms with Gasteiger partial charge in [0.25, 0.3) is 0 Å². The van der Waals surface area contributed by atoms with Crippen LogP contribution >= 0.6 is 0 Å². The average Bonchev–Trinajstić information content (AvgIpc) is 2.99. The molecule has 7 nitrogen and oxygen atoms in total. The number of carboxylic acid groups (broad SMARTS) is 1. The summed E-state index contributed by atoms with van der Waals surface area (Å²) in [6.07, 6.45) is 1.72. The summed E-state index contributed by atoms with van der Waals surface area (Å²) in [6.45, 7) is 3.07. The Hall–Kier alpha value is -3.40. The molecular formula is C22H19F3N4O3. The van der Waals surface area contributed by atoms with Crippen molar-refractivity contribution in [3.63, 3.8) is 0 Å². The van der Waals surface area contributed by atoms with Gasteiger partial charge in [-0.25, -0.2) is 22.9 Å². The Morgan fingerprint density at radius 2 is 2.00 bits per heavy atom. The van der Waals surface area contributed by atoms with Crippen LogP contribution in [0.5, 0.6) is 0 Å². The number of rotatable bonds is 3. The van der Waals surface area contributed by atoms with Crippen molar-refractivity contribution in [1.82, 2.24) is 9.55 Å². The maximum Gasteiger partial charge on any atom is 0.341 e. The van der Waals surface area contributed by atoms with Gasteiger partial charge in [-0.2, -0.15) is 0 Å². The minimum absolute atomic E-state index is 0.0122. The molecule has 166 valence electrons. The van der Waals surface area contributed by atoms with Crippen LogP contribution in [0.2, 0.25) is 0 Å². The summed E-state index contributed by atoms with van der Waals surface area (Å²) in [4.78, 5) is 30.4. The normalized spacial score (nSPS) is 24.5. The van der Waals surface area contributed by atoms with Crippen molar-refractivity contribution in [1.29, 1.82) is 0 Å². The fourth-order valence-electron chi connectivity index (χ4n) is 5.07. The third kappa shape index (κ3) is 2.89. The van der Waals surface area contributed by atoms with Gasteiger partial charge in [0.2, 0.25) is 5.43 Å². The maximum absolute atomic E-state index is 15.1. The first-order valence-corrected chi connectivity index (χ1v) is 10.0. The second-order valence-electron chi connectivity index (χ2n) is 8.82. The number of carboxylic acids is 1. The molecule has 0 radical (unpaired) electrons. The van der Waals surface area contributed by atoms with Gasteiger partial charge < -0.3 is 15.7 Å². The molecule has 0 amide bonds. The molecule has 1 aliphatic heterocycles. The van der Waals surface area contributed by atoms with E-state index in [0.717, 1.165) is 35.4 Å². The van der Waals surface area contributed by atoms with Gasteiger partial charge in [-0.3, -0.25) is 9.36 Å². The quantitative estimate of drug-likeness (QED) is 0.644. The predicted octanol–water partition coefficient (Wildman–Crippen LogP) is 2.67. The van der Waals surface area contributed by atoms with Crippen LogP contribution in [-0.2, 0) is 0 Å². The first-order chi connectivity index (χ1) is 15.1. The van der Waals surface area contributed by atoms with Crippen LogP contribution in [0.4, 0.5) is 19.0 Å². The second kappa shape index (κ2) is 6.80. The van der Waals surface area contributed by atoms with E-state index in [2.05, 4.69) is 11.9 Å². The van der Waals surface area contributed by atoms with Crippen LogP contribution in [0.15, 0.2) is 35.3 Å². The third-order valence-corrected chi connectivity index (χ3v) is 6.70. The first-order valence-electron chi connectivity index (χ1n) is 10.0. The van der Waals surface area contributed by atoms with Crippen molar-refractivity contribution in [2.75, 3.05) is 18.0 Å². The molecule has 3 atom stereocenters. The van der Waals surface area contributed by atoms with Crippen molar-refractivity contribution in [3.05, 3.63) is 63.7 Å². The van der Waals surface area contributed by atoms with Gasteiger partial charge >= 0.3 is 5.97 Å². The lowest BCUT2D eigenvalue weighted by Gasteiger charge is -2.46. The second-order valence-corrected chi connectivity index (χ2v) is 8.82. The van der Waals surface area contributed by atoms with Gasteiger partial charge in [0, 0.05) is 31.4 Å². The number of nitrogens with zero attached hydrogens (tertiary/aromatic N) is 3. The number of carbonyl (C=O) groups is 1. The Labute approximate surface area is 179 Å². The van der Waals surface area contributed by atoms with Gasteiger partial charge in [0.05, 0.1) is 11.1 Å². The molecule has 0 spiro atoms. The molecule has 32 heavy (non-hydrogen) atoms. The van der Waals surface area contributed by atoms with E-state index in [0.29, 0.717) is 19.2 Å². The lowest BCUT2D eigenvalue weighted by molar-refractivity contribution is 0.0695. The Kier molecular flexibility index (Phi) is 4.35. The zero-order valence-corrected chi connectivity index (χ0v) is 17.0. The molecule has 3 heterocycles. The number of aromatic carboxylic acids is 1. The summed E-state index contributed by atoms with van der Waals surface area (Å²) in [7, 11) is 0. The summed E-state index contributed by atoms with van der Waals surface area (Å²) in [5, 5.41) is 9.10. The summed E-state index contributed by atoms with van der Waals surface area (Å²) in [6, 6.07) is 3.66. The smallest absolute Gasteiger partial charge is 0.341 e. The van der Waals surface area contributed by atoms with Gasteiger partial charge in [-0.1, -0.05) is 6.92 Å². The van der Waals surface area contributed by atoms with E-state index in [1.165, 1.54) is 0 Å². The van der Waals surface area contributed by atoms with Crippen molar-refractivity contribution in [2.24, 2.45) is 17.1 Å². The number of pyridine rings is 2. The third-order valence-electron chi connectivity index (χ3n) is 6.70. The maximum atomic E-state index is 15.1. The molecule has 1 aromatic carbocycles. The number of hydrogen-bond acceptors (Lipinski definition) is 5. The van der Waals surface area contributed by atoms with Gasteiger partial charge in [-0.15, -0.1) is 0 Å². The summed E-state index contributed by atoms with van der Waals surface area (Å²) in [5.41, 5.74) is 4.04. The zero-order valence-electron chi connectivity index (χ0n) is 17.0. The van der Waals surface area contributed by atoms with Crippen LogP contribution in [0.1, 0.15) is 23.7 Å². The van der Waals surface area contributed by atoms with Crippen LogP contribution in [0.25, 0.3) is 16.7 Å². The van der Waals surface area contributed by atoms with E-state index in [4.69, 9.17) is 5.73 Å². The van der Waals surface area contributed by atoms with E-state index in [-0.39, 0.29) is 39.9 Å². The monoisotopic (exact) mass is 444 g/mol. The number of aromatic nitrogens is 2. The summed E-state index contributed by atoms with van der Waals surface area (Å²) in [5.74, 6) is -4.02. The minimum Gasteiger partial charge on any atom is -0.477 e. The average molecular weight is 444 g/mol. The highest BCUT2D eigenvalue weighted by Crippen LogP contribution is 2.51. The van der Waals surface area contributed by atoms with Crippen LogP contribution in [0.3, 0.4) is 0 Å². The molecule has 1 saturated carbocycles. The summed E-state index contributed by atoms with van der Waals surface area (Å²) >= 11 is 0. The van der Waals surface area contributed by atoms with E-state index >= 15 is 4.39 Å². The lowest BCUT2D eigenvalue weighted by Crippen LogP contribution is -2.53. The van der Waals surface area contributed by atoms with Gasteiger partial charge in [-0.05, 0) is 36.0 Å². The van der Waals surface area contributed by atoms with Crippen LogP contribution in [-0.4, -0.2) is 39.8 Å². The molecule has 0 unspecified atom stereocenters. The fourth-order valence-corrected chi connectivity index (χ4v) is 5.07. The Morgan fingerprint density at radius 1 is 1.25 bits per heavy atom. The Morgan fingerprint density at radius 3 is 2.62 bits per heavy atom. The highest BCUT2D eigenvalue weighted by Gasteiger charge is 2.55. The first kappa shape index (κ1) is 20.5. The number of halogens is 3. The van der Waals surface area contributed by atoms with E-state index < -0.39 is 34.4 Å². The molecule has 0 bridgehead atoms. The van der Waals surface area contributed by atoms with Gasteiger partial charge in [0.1, 0.15) is 17.2 Å². The molecule has 2 aromatic heterocycles. The topological polar surface area (TPSA) is 101 Å². The van der Waals surface area contributed by atoms with E-state index in [1.807, 2.05) is 0 Å². The fraction of sp³-hybridized carbons (Fsp3) is 0.318. The molecule has 1 aliphatic carbocycles. The molecule has 2 aliphatic rings. The van der Waals surface area contributed by atoms with Crippen molar-refractivity contribution in [3.8, 4) is 5.69 Å². The lowest BCUT2D eigenvalue weighted by atomic mass is 9.60. The molecule has 3 N–H and O–H groups in total. The summed E-state index contributed by atoms with van der Waals surface area (Å²) < 4.78 is 44.1. The van der Waals surface area contributed by atoms with E-state index in [9.17, 15) is 23.5 Å². The molecule has 1 saturated heterocycles. The predicted molar refractivity (Wildman–Crippen MR) is 111 cm³/mol. The van der Waals surface area contributed by atoms with Crippen LogP contribution < -0.4 is 16.1 Å². The molecular weight excluding hydrogens is 425 g/mol. The number of nitrogens with two attached hydrogens (primary N) is 1. The molecule has 2 fully saturated rings. The Bertz CT molecular complexity index is 1360. The van der Waals surface area contributed by atoms with E-state index in [1.54, 1.807) is 4.90 Å². The number of anilines is 1. The zero-order chi connectivity index (χ0) is 22.9. The number of hydrogen-bond donors (Lipinski definition) is 2. The molecule has 3 aromatic rings. The minimum atomic E-state index is -1.56. The number of benzene rings is 1. The Balaban J connectivity index is 1.75. The van der Waals surface area contributed by atoms with Crippen molar-refractivity contribution < 1.29 is 23.1 Å². The van der Waals surface area contributed by atoms with Crippen LogP contribution in [0, 0.1) is 28.8 Å². The number of fused-ring (bicyclic) bond motifs is 2.